The standard InChI is InChI=1S/C24H28FN5O3/c1-33-21-15-22(31)30-14-13-28(16-18-5-2-3-6-19(18)25)11-7-20(30)23(21)24(32)27-8-4-10-29-12-9-26-17-29/h2-3,5-6,9,12,15,17H,4,7-8,10-11,13-14,16H2,1H3,(H,27,32). The Morgan fingerprint density at radius 3 is 2.85 bits per heavy atom. The Morgan fingerprint density at radius 1 is 1.24 bits per heavy atom. The van der Waals surface area contributed by atoms with Crippen molar-refractivity contribution in [3.63, 3.8) is 0 Å². The molecular weight excluding hydrogens is 425 g/mol. The summed E-state index contributed by atoms with van der Waals surface area (Å²) in [5.41, 5.74) is 1.46. The highest BCUT2D eigenvalue weighted by molar-refractivity contribution is 5.98. The molecule has 0 atom stereocenters. The number of nitrogens with zero attached hydrogens (tertiary/aromatic N) is 4. The van der Waals surface area contributed by atoms with E-state index >= 15 is 0 Å². The second-order valence-electron chi connectivity index (χ2n) is 8.05. The van der Waals surface area contributed by atoms with Gasteiger partial charge in [0.1, 0.15) is 17.1 Å². The van der Waals surface area contributed by atoms with Crippen LogP contribution in [-0.4, -0.2) is 51.7 Å². The van der Waals surface area contributed by atoms with Crippen LogP contribution in [0.1, 0.15) is 28.0 Å². The first kappa shape index (κ1) is 22.7. The lowest BCUT2D eigenvalue weighted by atomic mass is 10.1. The number of ether oxygens (including phenoxy) is 1. The second kappa shape index (κ2) is 10.4. The lowest BCUT2D eigenvalue weighted by Crippen LogP contribution is -2.32. The zero-order valence-electron chi connectivity index (χ0n) is 18.7. The van der Waals surface area contributed by atoms with Crippen LogP contribution in [0.25, 0.3) is 0 Å². The maximum atomic E-state index is 14.1. The summed E-state index contributed by atoms with van der Waals surface area (Å²) in [4.78, 5) is 32.0. The highest BCUT2D eigenvalue weighted by Gasteiger charge is 2.25. The Bertz CT molecular complexity index is 1160. The maximum Gasteiger partial charge on any atom is 0.256 e. The van der Waals surface area contributed by atoms with Crippen LogP contribution >= 0.6 is 0 Å². The fourth-order valence-corrected chi connectivity index (χ4v) is 4.20. The Morgan fingerprint density at radius 2 is 2.09 bits per heavy atom. The number of halogens is 1. The lowest BCUT2D eigenvalue weighted by Gasteiger charge is -2.19. The number of fused-ring (bicyclic) bond motifs is 1. The molecule has 0 radical (unpaired) electrons. The van der Waals surface area contributed by atoms with Gasteiger partial charge < -0.3 is 19.2 Å². The number of rotatable bonds is 8. The quantitative estimate of drug-likeness (QED) is 0.528. The van der Waals surface area contributed by atoms with Gasteiger partial charge in [-0.1, -0.05) is 18.2 Å². The average Bonchev–Trinajstić information content (AvgIpc) is 3.24. The van der Waals surface area contributed by atoms with Crippen LogP contribution in [0.3, 0.4) is 0 Å². The zero-order chi connectivity index (χ0) is 23.2. The normalized spacial score (nSPS) is 13.9. The second-order valence-corrected chi connectivity index (χ2v) is 8.05. The number of amides is 1. The van der Waals surface area contributed by atoms with Crippen LogP contribution < -0.4 is 15.6 Å². The number of nitrogens with one attached hydrogen (secondary N) is 1. The number of methoxy groups -OCH3 is 1. The molecule has 0 aliphatic carbocycles. The predicted octanol–water partition coefficient (Wildman–Crippen LogP) is 2.07. The molecule has 1 N–H and O–H groups in total. The Labute approximate surface area is 191 Å². The highest BCUT2D eigenvalue weighted by atomic mass is 19.1. The van der Waals surface area contributed by atoms with Crippen LogP contribution in [0.5, 0.6) is 5.75 Å². The van der Waals surface area contributed by atoms with Crippen LogP contribution in [0.4, 0.5) is 4.39 Å². The first-order valence-electron chi connectivity index (χ1n) is 11.1. The molecule has 33 heavy (non-hydrogen) atoms. The summed E-state index contributed by atoms with van der Waals surface area (Å²) < 4.78 is 23.1. The smallest absolute Gasteiger partial charge is 0.256 e. The van der Waals surface area contributed by atoms with Gasteiger partial charge >= 0.3 is 0 Å². The molecule has 1 aliphatic rings. The molecule has 9 heteroatoms. The zero-order valence-corrected chi connectivity index (χ0v) is 18.7. The molecule has 3 heterocycles. The monoisotopic (exact) mass is 453 g/mol. The van der Waals surface area contributed by atoms with Gasteiger partial charge in [0.05, 0.1) is 13.4 Å². The van der Waals surface area contributed by atoms with E-state index in [9.17, 15) is 14.0 Å². The maximum absolute atomic E-state index is 14.1. The predicted molar refractivity (Wildman–Crippen MR) is 122 cm³/mol. The van der Waals surface area contributed by atoms with Crippen molar-refractivity contribution < 1.29 is 13.9 Å². The summed E-state index contributed by atoms with van der Waals surface area (Å²) in [5, 5.41) is 2.95. The Kier molecular flexibility index (Phi) is 7.19. The minimum absolute atomic E-state index is 0.203. The van der Waals surface area contributed by atoms with Gasteiger partial charge in [-0.05, 0) is 12.5 Å². The van der Waals surface area contributed by atoms with E-state index in [-0.39, 0.29) is 23.0 Å². The van der Waals surface area contributed by atoms with Gasteiger partial charge in [0.25, 0.3) is 11.5 Å². The van der Waals surface area contributed by atoms with E-state index < -0.39 is 0 Å². The number of carbonyl (C=O) groups is 1. The third kappa shape index (κ3) is 5.31. The lowest BCUT2D eigenvalue weighted by molar-refractivity contribution is 0.0947. The molecule has 2 aromatic heterocycles. The van der Waals surface area contributed by atoms with Gasteiger partial charge in [-0.15, -0.1) is 0 Å². The molecule has 0 fully saturated rings. The van der Waals surface area contributed by atoms with Gasteiger partial charge in [0.2, 0.25) is 0 Å². The SMILES string of the molecule is COc1cc(=O)n2c(c1C(=O)NCCCn1ccnc1)CCN(Cc1ccccc1F)CC2. The molecule has 174 valence electrons. The molecule has 8 nitrogen and oxygen atoms in total. The molecule has 0 saturated heterocycles. The van der Waals surface area contributed by atoms with Crippen molar-refractivity contribution in [2.45, 2.75) is 32.5 Å². The van der Waals surface area contributed by atoms with Crippen molar-refractivity contribution in [3.8, 4) is 5.75 Å². The molecule has 0 spiro atoms. The van der Waals surface area contributed by atoms with Gasteiger partial charge in [0.15, 0.2) is 0 Å². The molecule has 1 aromatic carbocycles. The largest absolute Gasteiger partial charge is 0.496 e. The number of hydrogen-bond donors (Lipinski definition) is 1. The minimum atomic E-state index is -0.260. The molecular formula is C24H28FN5O3. The third-order valence-electron chi connectivity index (χ3n) is 5.92. The van der Waals surface area contributed by atoms with E-state index in [0.29, 0.717) is 56.0 Å². The van der Waals surface area contributed by atoms with Crippen LogP contribution in [0.2, 0.25) is 0 Å². The minimum Gasteiger partial charge on any atom is -0.496 e. The molecule has 1 aliphatic heterocycles. The molecule has 0 saturated carbocycles. The van der Waals surface area contributed by atoms with Crippen molar-refractivity contribution in [2.75, 3.05) is 26.7 Å². The van der Waals surface area contributed by atoms with Crippen molar-refractivity contribution in [1.82, 2.24) is 24.3 Å². The summed E-state index contributed by atoms with van der Waals surface area (Å²) >= 11 is 0. The molecule has 4 rings (SSSR count). The average molecular weight is 454 g/mol. The highest BCUT2D eigenvalue weighted by Crippen LogP contribution is 2.23. The Hall–Kier alpha value is -3.46. The molecule has 3 aromatic rings. The van der Waals surface area contributed by atoms with E-state index in [1.54, 1.807) is 29.2 Å². The topological polar surface area (TPSA) is 81.4 Å². The van der Waals surface area contributed by atoms with Gasteiger partial charge in [0, 0.05) is 75.4 Å². The molecule has 0 unspecified atom stereocenters. The van der Waals surface area contributed by atoms with Crippen molar-refractivity contribution in [2.24, 2.45) is 0 Å². The van der Waals surface area contributed by atoms with Gasteiger partial charge in [-0.3, -0.25) is 14.5 Å². The van der Waals surface area contributed by atoms with Gasteiger partial charge in [-0.25, -0.2) is 9.37 Å². The van der Waals surface area contributed by atoms with Gasteiger partial charge in [-0.2, -0.15) is 0 Å². The summed E-state index contributed by atoms with van der Waals surface area (Å²) in [5.74, 6) is -0.224. The van der Waals surface area contributed by atoms with E-state index in [0.717, 1.165) is 13.0 Å². The van der Waals surface area contributed by atoms with Crippen molar-refractivity contribution in [1.29, 1.82) is 0 Å². The van der Waals surface area contributed by atoms with E-state index in [2.05, 4.69) is 15.2 Å². The first-order chi connectivity index (χ1) is 16.1. The number of aryl methyl sites for hydroxylation is 1. The Balaban J connectivity index is 1.49. The number of hydrogen-bond acceptors (Lipinski definition) is 5. The summed E-state index contributed by atoms with van der Waals surface area (Å²) in [6, 6.07) is 8.08. The molecule has 1 amide bonds. The number of benzene rings is 1. The van der Waals surface area contributed by atoms with E-state index in [1.165, 1.54) is 19.2 Å². The van der Waals surface area contributed by atoms with Crippen LogP contribution in [0, 0.1) is 5.82 Å². The third-order valence-corrected chi connectivity index (χ3v) is 5.92. The fourth-order valence-electron chi connectivity index (χ4n) is 4.20. The van der Waals surface area contributed by atoms with Crippen molar-refractivity contribution >= 4 is 5.91 Å². The summed E-state index contributed by atoms with van der Waals surface area (Å²) in [6.45, 7) is 3.28. The van der Waals surface area contributed by atoms with E-state index in [1.807, 2.05) is 16.8 Å². The van der Waals surface area contributed by atoms with Crippen LogP contribution in [0.15, 0.2) is 53.8 Å². The number of carbonyl (C=O) groups excluding carboxylic acids is 1. The van der Waals surface area contributed by atoms with Crippen LogP contribution in [-0.2, 0) is 26.1 Å². The summed E-state index contributed by atoms with van der Waals surface area (Å²) in [6.07, 6.45) is 6.56. The summed E-state index contributed by atoms with van der Waals surface area (Å²) in [7, 11) is 1.46. The van der Waals surface area contributed by atoms with Crippen molar-refractivity contribution in [3.05, 3.63) is 82.0 Å². The number of pyridine rings is 1. The fraction of sp³-hybridized carbons (Fsp3) is 0.375. The first-order valence-corrected chi connectivity index (χ1v) is 11.1. The number of imidazole rings is 1. The van der Waals surface area contributed by atoms with E-state index in [4.69, 9.17) is 4.74 Å². The number of aromatic nitrogens is 3. The molecule has 0 bridgehead atoms.